The van der Waals surface area contributed by atoms with E-state index >= 15 is 0 Å². The summed E-state index contributed by atoms with van der Waals surface area (Å²) in [6.07, 6.45) is 1.40. The SMILES string of the molecule is CCN(CCCO)S(=O)(=O)c1ccc2c(c1)NCC2. The Balaban J connectivity index is 2.27. The summed E-state index contributed by atoms with van der Waals surface area (Å²) in [5.74, 6) is 0. The van der Waals surface area contributed by atoms with Gasteiger partial charge in [-0.25, -0.2) is 8.42 Å². The number of sulfonamides is 1. The molecule has 5 nitrogen and oxygen atoms in total. The van der Waals surface area contributed by atoms with Crippen molar-refractivity contribution in [3.05, 3.63) is 23.8 Å². The Kier molecular flexibility index (Phi) is 4.44. The molecule has 106 valence electrons. The molecule has 1 heterocycles. The van der Waals surface area contributed by atoms with Gasteiger partial charge in [0.25, 0.3) is 0 Å². The molecule has 0 saturated heterocycles. The fraction of sp³-hybridized carbons (Fsp3) is 0.538. The van der Waals surface area contributed by atoms with Gasteiger partial charge in [-0.05, 0) is 30.5 Å². The summed E-state index contributed by atoms with van der Waals surface area (Å²) in [5, 5.41) is 12.0. The lowest BCUT2D eigenvalue weighted by molar-refractivity contribution is 0.271. The van der Waals surface area contributed by atoms with Crippen molar-refractivity contribution < 1.29 is 13.5 Å². The zero-order chi connectivity index (χ0) is 13.9. The molecule has 19 heavy (non-hydrogen) atoms. The second-order valence-corrected chi connectivity index (χ2v) is 6.51. The minimum absolute atomic E-state index is 0.00222. The van der Waals surface area contributed by atoms with Crippen LogP contribution in [0.1, 0.15) is 18.9 Å². The molecule has 0 spiro atoms. The van der Waals surface area contributed by atoms with Gasteiger partial charge >= 0.3 is 0 Å². The summed E-state index contributed by atoms with van der Waals surface area (Å²) >= 11 is 0. The molecule has 6 heteroatoms. The highest BCUT2D eigenvalue weighted by molar-refractivity contribution is 7.89. The molecule has 0 unspecified atom stereocenters. The number of hydrogen-bond donors (Lipinski definition) is 2. The molecule has 1 aromatic rings. The van der Waals surface area contributed by atoms with Crippen LogP contribution in [0.25, 0.3) is 0 Å². The molecule has 0 aliphatic carbocycles. The van der Waals surface area contributed by atoms with Gasteiger partial charge in [0.05, 0.1) is 4.90 Å². The van der Waals surface area contributed by atoms with Crippen molar-refractivity contribution in [1.29, 1.82) is 0 Å². The van der Waals surface area contributed by atoms with E-state index in [2.05, 4.69) is 5.32 Å². The average molecular weight is 284 g/mol. The van der Waals surface area contributed by atoms with Crippen molar-refractivity contribution in [2.24, 2.45) is 0 Å². The summed E-state index contributed by atoms with van der Waals surface area (Å²) in [4.78, 5) is 0.320. The first-order valence-corrected chi connectivity index (χ1v) is 8.01. The number of anilines is 1. The predicted molar refractivity (Wildman–Crippen MR) is 74.8 cm³/mol. The highest BCUT2D eigenvalue weighted by Crippen LogP contribution is 2.27. The van der Waals surface area contributed by atoms with E-state index in [4.69, 9.17) is 5.11 Å². The minimum atomic E-state index is -3.46. The van der Waals surface area contributed by atoms with Gasteiger partial charge in [0, 0.05) is 31.9 Å². The summed E-state index contributed by atoms with van der Waals surface area (Å²) in [7, 11) is -3.46. The molecule has 0 saturated carbocycles. The molecule has 1 aliphatic rings. The number of aliphatic hydroxyl groups is 1. The first-order chi connectivity index (χ1) is 9.09. The quantitative estimate of drug-likeness (QED) is 0.819. The maximum absolute atomic E-state index is 12.5. The summed E-state index contributed by atoms with van der Waals surface area (Å²) in [6, 6.07) is 5.25. The molecule has 1 aromatic carbocycles. The first kappa shape index (κ1) is 14.3. The van der Waals surface area contributed by atoms with E-state index < -0.39 is 10.0 Å². The van der Waals surface area contributed by atoms with Gasteiger partial charge in [0.2, 0.25) is 10.0 Å². The molecule has 1 aliphatic heterocycles. The lowest BCUT2D eigenvalue weighted by atomic mass is 10.2. The van der Waals surface area contributed by atoms with Crippen LogP contribution in [-0.4, -0.2) is 44.1 Å². The van der Waals surface area contributed by atoms with Crippen molar-refractivity contribution in [2.45, 2.75) is 24.7 Å². The first-order valence-electron chi connectivity index (χ1n) is 6.57. The highest BCUT2D eigenvalue weighted by Gasteiger charge is 2.24. The fourth-order valence-corrected chi connectivity index (χ4v) is 3.79. The van der Waals surface area contributed by atoms with Crippen molar-refractivity contribution >= 4 is 15.7 Å². The molecule has 0 atom stereocenters. The van der Waals surface area contributed by atoms with Crippen LogP contribution >= 0.6 is 0 Å². The Morgan fingerprint density at radius 2 is 2.21 bits per heavy atom. The molecule has 2 rings (SSSR count). The van der Waals surface area contributed by atoms with Crippen LogP contribution in [0.5, 0.6) is 0 Å². The van der Waals surface area contributed by atoms with Crippen molar-refractivity contribution in [1.82, 2.24) is 4.31 Å². The number of aliphatic hydroxyl groups excluding tert-OH is 1. The summed E-state index contributed by atoms with van der Waals surface area (Å²) in [5.41, 5.74) is 2.08. The lowest BCUT2D eigenvalue weighted by Gasteiger charge is -2.20. The second kappa shape index (κ2) is 5.90. The Bertz CT molecular complexity index is 543. The summed E-state index contributed by atoms with van der Waals surface area (Å²) < 4.78 is 26.4. The standard InChI is InChI=1S/C13H20N2O3S/c1-2-15(8-3-9-16)19(17,18)12-5-4-11-6-7-14-13(11)10-12/h4-5,10,14,16H,2-3,6-9H2,1H3. The predicted octanol–water partition coefficient (Wildman–Crippen LogP) is 1.05. The Morgan fingerprint density at radius 1 is 1.42 bits per heavy atom. The van der Waals surface area contributed by atoms with E-state index in [1.165, 1.54) is 4.31 Å². The number of benzene rings is 1. The monoisotopic (exact) mass is 284 g/mol. The van der Waals surface area contributed by atoms with E-state index in [0.717, 1.165) is 24.2 Å². The van der Waals surface area contributed by atoms with Gasteiger partial charge in [0.15, 0.2) is 0 Å². The highest BCUT2D eigenvalue weighted by atomic mass is 32.2. The minimum Gasteiger partial charge on any atom is -0.396 e. The fourth-order valence-electron chi connectivity index (χ4n) is 2.27. The third-order valence-corrected chi connectivity index (χ3v) is 5.32. The molecule has 0 aromatic heterocycles. The van der Waals surface area contributed by atoms with E-state index in [-0.39, 0.29) is 6.61 Å². The van der Waals surface area contributed by atoms with Crippen LogP contribution in [0.4, 0.5) is 5.69 Å². The van der Waals surface area contributed by atoms with Gasteiger partial charge in [-0.2, -0.15) is 4.31 Å². The van der Waals surface area contributed by atoms with Gasteiger partial charge in [0.1, 0.15) is 0 Å². The third-order valence-electron chi connectivity index (χ3n) is 3.35. The zero-order valence-electron chi connectivity index (χ0n) is 11.1. The Labute approximate surface area is 114 Å². The number of nitrogens with one attached hydrogen (secondary N) is 1. The summed E-state index contributed by atoms with van der Waals surface area (Å²) in [6.45, 7) is 3.42. The Morgan fingerprint density at radius 3 is 2.89 bits per heavy atom. The maximum Gasteiger partial charge on any atom is 0.243 e. The van der Waals surface area contributed by atoms with Gasteiger partial charge in [-0.3, -0.25) is 0 Å². The largest absolute Gasteiger partial charge is 0.396 e. The van der Waals surface area contributed by atoms with Crippen molar-refractivity contribution in [3.63, 3.8) is 0 Å². The maximum atomic E-state index is 12.5. The Hall–Kier alpha value is -1.11. The molecule has 0 radical (unpaired) electrons. The van der Waals surface area contributed by atoms with Crippen LogP contribution in [0, 0.1) is 0 Å². The topological polar surface area (TPSA) is 69.6 Å². The molecule has 0 amide bonds. The second-order valence-electron chi connectivity index (χ2n) is 4.57. The van der Waals surface area contributed by atoms with Gasteiger partial charge in [-0.15, -0.1) is 0 Å². The third kappa shape index (κ3) is 2.91. The van der Waals surface area contributed by atoms with Crippen LogP contribution < -0.4 is 5.32 Å². The average Bonchev–Trinajstić information content (AvgIpc) is 2.86. The van der Waals surface area contributed by atoms with Gasteiger partial charge in [-0.1, -0.05) is 13.0 Å². The van der Waals surface area contributed by atoms with E-state index in [1.54, 1.807) is 19.1 Å². The van der Waals surface area contributed by atoms with Crippen molar-refractivity contribution in [3.8, 4) is 0 Å². The van der Waals surface area contributed by atoms with E-state index in [9.17, 15) is 8.42 Å². The van der Waals surface area contributed by atoms with Gasteiger partial charge < -0.3 is 10.4 Å². The zero-order valence-corrected chi connectivity index (χ0v) is 11.9. The lowest BCUT2D eigenvalue weighted by Crippen LogP contribution is -2.32. The molecule has 0 fully saturated rings. The molecular weight excluding hydrogens is 264 g/mol. The molecule has 2 N–H and O–H groups in total. The van der Waals surface area contributed by atoms with Crippen molar-refractivity contribution in [2.75, 3.05) is 31.6 Å². The molecule has 0 bridgehead atoms. The van der Waals surface area contributed by atoms with E-state index in [0.29, 0.717) is 24.4 Å². The smallest absolute Gasteiger partial charge is 0.243 e. The van der Waals surface area contributed by atoms with Crippen LogP contribution in [0.3, 0.4) is 0 Å². The van der Waals surface area contributed by atoms with E-state index in [1.807, 2.05) is 6.07 Å². The van der Waals surface area contributed by atoms with Crippen LogP contribution in [0.15, 0.2) is 23.1 Å². The molecular formula is C13H20N2O3S. The normalized spacial score (nSPS) is 14.5. The van der Waals surface area contributed by atoms with Crippen LogP contribution in [-0.2, 0) is 16.4 Å². The number of rotatable bonds is 6. The number of fused-ring (bicyclic) bond motifs is 1. The number of nitrogens with zero attached hydrogens (tertiary/aromatic N) is 1. The van der Waals surface area contributed by atoms with Crippen LogP contribution in [0.2, 0.25) is 0 Å². The number of hydrogen-bond acceptors (Lipinski definition) is 4.